The van der Waals surface area contributed by atoms with Crippen molar-refractivity contribution in [1.82, 2.24) is 5.32 Å². The zero-order chi connectivity index (χ0) is 14.6. The van der Waals surface area contributed by atoms with E-state index in [4.69, 9.17) is 5.11 Å². The number of rotatable bonds is 4. The van der Waals surface area contributed by atoms with Gasteiger partial charge in [0.05, 0.1) is 23.8 Å². The van der Waals surface area contributed by atoms with Gasteiger partial charge in [0.2, 0.25) is 0 Å². The molecule has 0 aliphatic heterocycles. The van der Waals surface area contributed by atoms with Crippen LogP contribution in [0.2, 0.25) is 0 Å². The molecule has 0 radical (unpaired) electrons. The second-order valence-corrected chi connectivity index (χ2v) is 3.95. The van der Waals surface area contributed by atoms with Crippen molar-refractivity contribution < 1.29 is 27.5 Å². The number of hydrogen-bond donors (Lipinski definition) is 2. The van der Waals surface area contributed by atoms with Crippen LogP contribution in [0.5, 0.6) is 0 Å². The van der Waals surface area contributed by atoms with Gasteiger partial charge in [-0.15, -0.1) is 0 Å². The second-order valence-electron chi connectivity index (χ2n) is 3.95. The van der Waals surface area contributed by atoms with Gasteiger partial charge in [0.15, 0.2) is 0 Å². The number of amides is 1. The van der Waals surface area contributed by atoms with Gasteiger partial charge in [0.1, 0.15) is 5.82 Å². The lowest BCUT2D eigenvalue weighted by Gasteiger charge is -2.17. The van der Waals surface area contributed by atoms with Crippen LogP contribution in [0.4, 0.5) is 17.6 Å². The maximum atomic E-state index is 12.9. The molecule has 19 heavy (non-hydrogen) atoms. The van der Waals surface area contributed by atoms with Gasteiger partial charge < -0.3 is 10.4 Å². The van der Waals surface area contributed by atoms with Crippen LogP contribution in [0, 0.1) is 5.82 Å². The van der Waals surface area contributed by atoms with E-state index in [0.29, 0.717) is 6.42 Å². The Morgan fingerprint density at radius 2 is 2.05 bits per heavy atom. The van der Waals surface area contributed by atoms with Gasteiger partial charge in [0, 0.05) is 0 Å². The monoisotopic (exact) mass is 279 g/mol. The fraction of sp³-hybridized carbons (Fsp3) is 0.417. The maximum Gasteiger partial charge on any atom is 0.417 e. The molecule has 0 fully saturated rings. The number of carbonyl (C=O) groups excluding carboxylic acids is 1. The number of aliphatic hydroxyl groups excluding tert-OH is 1. The molecule has 0 bridgehead atoms. The average Bonchev–Trinajstić information content (AvgIpc) is 2.34. The quantitative estimate of drug-likeness (QED) is 0.831. The van der Waals surface area contributed by atoms with Crippen molar-refractivity contribution in [2.45, 2.75) is 25.6 Å². The van der Waals surface area contributed by atoms with Crippen LogP contribution in [0.1, 0.15) is 29.3 Å². The standard InChI is InChI=1S/C12H13F4NO2/c1-2-8(6-18)17-11(19)9-4-3-7(13)5-10(9)12(14,15)16/h3-5,8,18H,2,6H2,1H3,(H,17,19). The molecule has 0 aromatic heterocycles. The summed E-state index contributed by atoms with van der Waals surface area (Å²) in [5.41, 5.74) is -2.00. The van der Waals surface area contributed by atoms with E-state index in [1.54, 1.807) is 6.92 Å². The third-order valence-electron chi connectivity index (χ3n) is 2.58. The first-order chi connectivity index (χ1) is 8.79. The molecule has 0 saturated carbocycles. The van der Waals surface area contributed by atoms with Crippen molar-refractivity contribution in [3.05, 3.63) is 35.1 Å². The van der Waals surface area contributed by atoms with Gasteiger partial charge in [-0.2, -0.15) is 13.2 Å². The Bertz CT molecular complexity index is 456. The molecular formula is C12H13F4NO2. The van der Waals surface area contributed by atoms with Gasteiger partial charge in [-0.3, -0.25) is 4.79 Å². The molecule has 1 atom stereocenters. The minimum atomic E-state index is -4.82. The first-order valence-electron chi connectivity index (χ1n) is 5.58. The van der Waals surface area contributed by atoms with Crippen LogP contribution >= 0.6 is 0 Å². The first-order valence-corrected chi connectivity index (χ1v) is 5.58. The average molecular weight is 279 g/mol. The van der Waals surface area contributed by atoms with Crippen molar-refractivity contribution in [2.75, 3.05) is 6.61 Å². The van der Waals surface area contributed by atoms with Gasteiger partial charge in [-0.05, 0) is 24.6 Å². The number of carbonyl (C=O) groups is 1. The van der Waals surface area contributed by atoms with E-state index in [2.05, 4.69) is 5.32 Å². The number of halogens is 4. The molecule has 2 N–H and O–H groups in total. The lowest BCUT2D eigenvalue weighted by atomic mass is 10.1. The minimum Gasteiger partial charge on any atom is -0.394 e. The van der Waals surface area contributed by atoms with Crippen molar-refractivity contribution >= 4 is 5.91 Å². The number of alkyl halides is 3. The fourth-order valence-electron chi connectivity index (χ4n) is 1.49. The lowest BCUT2D eigenvalue weighted by molar-refractivity contribution is -0.138. The molecule has 1 unspecified atom stereocenters. The highest BCUT2D eigenvalue weighted by atomic mass is 19.4. The van der Waals surface area contributed by atoms with Gasteiger partial charge in [-0.25, -0.2) is 4.39 Å². The number of aliphatic hydroxyl groups is 1. The van der Waals surface area contributed by atoms with Crippen molar-refractivity contribution in [1.29, 1.82) is 0 Å². The third kappa shape index (κ3) is 3.92. The third-order valence-corrected chi connectivity index (χ3v) is 2.58. The van der Waals surface area contributed by atoms with Crippen LogP contribution in [0.15, 0.2) is 18.2 Å². The molecule has 0 aliphatic rings. The Morgan fingerprint density at radius 3 is 2.53 bits per heavy atom. The summed E-state index contributed by atoms with van der Waals surface area (Å²) in [7, 11) is 0. The topological polar surface area (TPSA) is 49.3 Å². The predicted octanol–water partition coefficient (Wildman–Crippen LogP) is 2.35. The molecule has 7 heteroatoms. The zero-order valence-electron chi connectivity index (χ0n) is 10.1. The van der Waals surface area contributed by atoms with Crippen LogP contribution in [-0.4, -0.2) is 23.7 Å². The molecule has 0 saturated heterocycles. The SMILES string of the molecule is CCC(CO)NC(=O)c1ccc(F)cc1C(F)(F)F. The van der Waals surface area contributed by atoms with Gasteiger partial charge in [-0.1, -0.05) is 6.92 Å². The molecule has 0 spiro atoms. The van der Waals surface area contributed by atoms with E-state index in [9.17, 15) is 22.4 Å². The summed E-state index contributed by atoms with van der Waals surface area (Å²) in [5, 5.41) is 11.2. The normalized spacial score (nSPS) is 13.2. The van der Waals surface area contributed by atoms with E-state index in [1.807, 2.05) is 0 Å². The molecule has 1 rings (SSSR count). The molecule has 0 aliphatic carbocycles. The van der Waals surface area contributed by atoms with Crippen molar-refractivity contribution in [3.8, 4) is 0 Å². The van der Waals surface area contributed by atoms with E-state index in [-0.39, 0.29) is 12.7 Å². The molecule has 0 heterocycles. The Kier molecular flexibility index (Phi) is 4.88. The smallest absolute Gasteiger partial charge is 0.394 e. The predicted molar refractivity (Wildman–Crippen MR) is 60.0 cm³/mol. The number of hydrogen-bond acceptors (Lipinski definition) is 2. The molecule has 3 nitrogen and oxygen atoms in total. The van der Waals surface area contributed by atoms with Gasteiger partial charge >= 0.3 is 6.18 Å². The Hall–Kier alpha value is -1.63. The minimum absolute atomic E-state index is 0.273. The summed E-state index contributed by atoms with van der Waals surface area (Å²) in [5.74, 6) is -2.06. The summed E-state index contributed by atoms with van der Waals surface area (Å²) in [6.45, 7) is 1.28. The largest absolute Gasteiger partial charge is 0.417 e. The number of nitrogens with one attached hydrogen (secondary N) is 1. The molecule has 1 amide bonds. The van der Waals surface area contributed by atoms with Crippen LogP contribution in [-0.2, 0) is 6.18 Å². The Balaban J connectivity index is 3.09. The van der Waals surface area contributed by atoms with Crippen LogP contribution in [0.3, 0.4) is 0 Å². The Labute approximate surface area is 107 Å². The van der Waals surface area contributed by atoms with Crippen LogP contribution in [0.25, 0.3) is 0 Å². The maximum absolute atomic E-state index is 12.9. The Morgan fingerprint density at radius 1 is 1.42 bits per heavy atom. The summed E-state index contributed by atoms with van der Waals surface area (Å²) in [6, 6.07) is 1.19. The van der Waals surface area contributed by atoms with E-state index < -0.39 is 35.1 Å². The highest BCUT2D eigenvalue weighted by Gasteiger charge is 2.35. The van der Waals surface area contributed by atoms with E-state index in [0.717, 1.165) is 12.1 Å². The lowest BCUT2D eigenvalue weighted by Crippen LogP contribution is -2.37. The van der Waals surface area contributed by atoms with Crippen LogP contribution < -0.4 is 5.32 Å². The van der Waals surface area contributed by atoms with Gasteiger partial charge in [0.25, 0.3) is 5.91 Å². The summed E-state index contributed by atoms with van der Waals surface area (Å²) in [4.78, 5) is 11.7. The molecule has 1 aromatic carbocycles. The summed E-state index contributed by atoms with van der Waals surface area (Å²) >= 11 is 0. The summed E-state index contributed by atoms with van der Waals surface area (Å²) < 4.78 is 50.9. The molecule has 106 valence electrons. The summed E-state index contributed by atoms with van der Waals surface area (Å²) in [6.07, 6.45) is -4.46. The molecular weight excluding hydrogens is 266 g/mol. The zero-order valence-corrected chi connectivity index (χ0v) is 10.1. The first kappa shape index (κ1) is 15.4. The van der Waals surface area contributed by atoms with Crippen molar-refractivity contribution in [3.63, 3.8) is 0 Å². The fourth-order valence-corrected chi connectivity index (χ4v) is 1.49. The number of benzene rings is 1. The van der Waals surface area contributed by atoms with E-state index >= 15 is 0 Å². The highest BCUT2D eigenvalue weighted by molar-refractivity contribution is 5.96. The van der Waals surface area contributed by atoms with Crippen molar-refractivity contribution in [2.24, 2.45) is 0 Å². The highest BCUT2D eigenvalue weighted by Crippen LogP contribution is 2.32. The second kappa shape index (κ2) is 6.01. The molecule has 1 aromatic rings. The van der Waals surface area contributed by atoms with E-state index in [1.165, 1.54) is 0 Å².